The van der Waals surface area contributed by atoms with E-state index >= 15 is 0 Å². The van der Waals surface area contributed by atoms with Crippen molar-refractivity contribution in [2.75, 3.05) is 23.4 Å². The molecule has 18 heavy (non-hydrogen) atoms. The molecule has 1 heterocycles. The molecule has 0 bridgehead atoms. The maximum Gasteiger partial charge on any atom is 0.152 e. The van der Waals surface area contributed by atoms with Gasteiger partial charge in [-0.1, -0.05) is 17.7 Å². The molecule has 0 saturated carbocycles. The molecule has 1 aliphatic heterocycles. The molecule has 1 aromatic carbocycles. The van der Waals surface area contributed by atoms with Gasteiger partial charge in [-0.25, -0.2) is 8.42 Å². The van der Waals surface area contributed by atoms with Gasteiger partial charge in [0.15, 0.2) is 9.84 Å². The highest BCUT2D eigenvalue weighted by atomic mass is 32.2. The molecular formula is C13H20N2O2S. The van der Waals surface area contributed by atoms with Gasteiger partial charge in [-0.3, -0.25) is 0 Å². The number of hydrogen-bond donors (Lipinski definition) is 2. The molecule has 1 aromatic rings. The fraction of sp³-hybridized carbons (Fsp3) is 0.538. The Hall–Kier alpha value is -1.07. The lowest BCUT2D eigenvalue weighted by Gasteiger charge is -2.37. The molecule has 0 amide bonds. The molecule has 4 nitrogen and oxygen atoms in total. The Labute approximate surface area is 108 Å². The highest BCUT2D eigenvalue weighted by Crippen LogP contribution is 2.26. The molecule has 1 aliphatic rings. The first-order chi connectivity index (χ1) is 8.45. The van der Waals surface area contributed by atoms with Crippen molar-refractivity contribution in [1.82, 2.24) is 0 Å². The molecule has 0 radical (unpaired) electrons. The van der Waals surface area contributed by atoms with E-state index in [2.05, 4.69) is 5.32 Å². The number of benzene rings is 1. The number of anilines is 1. The molecular weight excluding hydrogens is 248 g/mol. The summed E-state index contributed by atoms with van der Waals surface area (Å²) in [6.07, 6.45) is 1.48. The Morgan fingerprint density at radius 2 is 2.00 bits per heavy atom. The van der Waals surface area contributed by atoms with Gasteiger partial charge >= 0.3 is 0 Å². The van der Waals surface area contributed by atoms with Gasteiger partial charge in [-0.05, 0) is 31.9 Å². The Kier molecular flexibility index (Phi) is 3.64. The summed E-state index contributed by atoms with van der Waals surface area (Å²) < 4.78 is 23.5. The van der Waals surface area contributed by atoms with Crippen molar-refractivity contribution in [2.24, 2.45) is 5.73 Å². The van der Waals surface area contributed by atoms with E-state index in [-0.39, 0.29) is 11.5 Å². The van der Waals surface area contributed by atoms with Crippen LogP contribution in [0.25, 0.3) is 0 Å². The summed E-state index contributed by atoms with van der Waals surface area (Å²) in [5.41, 5.74) is 7.42. The molecule has 2 rings (SSSR count). The first kappa shape index (κ1) is 13.4. The lowest BCUT2D eigenvalue weighted by molar-refractivity contribution is 0.450. The van der Waals surface area contributed by atoms with Crippen LogP contribution in [0.3, 0.4) is 0 Å². The van der Waals surface area contributed by atoms with Crippen LogP contribution in [0.2, 0.25) is 0 Å². The zero-order chi connectivity index (χ0) is 13.2. The molecule has 3 N–H and O–H groups in total. The zero-order valence-corrected chi connectivity index (χ0v) is 11.5. The van der Waals surface area contributed by atoms with Crippen LogP contribution in [0, 0.1) is 6.92 Å². The van der Waals surface area contributed by atoms with Crippen molar-refractivity contribution >= 4 is 15.5 Å². The van der Waals surface area contributed by atoms with E-state index in [4.69, 9.17) is 5.73 Å². The van der Waals surface area contributed by atoms with Crippen LogP contribution in [-0.2, 0) is 9.84 Å². The van der Waals surface area contributed by atoms with Gasteiger partial charge in [0.25, 0.3) is 0 Å². The normalized spacial score (nSPS) is 26.8. The highest BCUT2D eigenvalue weighted by molar-refractivity contribution is 7.91. The zero-order valence-electron chi connectivity index (χ0n) is 10.6. The Bertz CT molecular complexity index is 510. The van der Waals surface area contributed by atoms with E-state index < -0.39 is 15.4 Å². The average molecular weight is 268 g/mol. The van der Waals surface area contributed by atoms with Crippen molar-refractivity contribution in [1.29, 1.82) is 0 Å². The Morgan fingerprint density at radius 3 is 2.56 bits per heavy atom. The SMILES string of the molecule is Cc1ccc(NC2(CN)CCCS(=O)(=O)C2)cc1. The van der Waals surface area contributed by atoms with E-state index in [1.54, 1.807) is 0 Å². The molecule has 0 spiro atoms. The summed E-state index contributed by atoms with van der Waals surface area (Å²) in [5.74, 6) is 0.411. The van der Waals surface area contributed by atoms with Crippen LogP contribution in [0.15, 0.2) is 24.3 Å². The van der Waals surface area contributed by atoms with Gasteiger partial charge in [0, 0.05) is 12.2 Å². The van der Waals surface area contributed by atoms with Crippen molar-refractivity contribution in [3.63, 3.8) is 0 Å². The highest BCUT2D eigenvalue weighted by Gasteiger charge is 2.37. The summed E-state index contributed by atoms with van der Waals surface area (Å²) in [4.78, 5) is 0. The first-order valence-corrected chi connectivity index (χ1v) is 8.02. The molecule has 100 valence electrons. The third-order valence-electron chi connectivity index (χ3n) is 3.46. The monoisotopic (exact) mass is 268 g/mol. The topological polar surface area (TPSA) is 72.2 Å². The van der Waals surface area contributed by atoms with Gasteiger partial charge in [0.05, 0.1) is 17.0 Å². The average Bonchev–Trinajstić information content (AvgIpc) is 2.31. The minimum Gasteiger partial charge on any atom is -0.377 e. The number of nitrogens with two attached hydrogens (primary N) is 1. The summed E-state index contributed by atoms with van der Waals surface area (Å²) in [7, 11) is -2.97. The van der Waals surface area contributed by atoms with Gasteiger partial charge in [0.2, 0.25) is 0 Å². The maximum absolute atomic E-state index is 11.8. The van der Waals surface area contributed by atoms with Gasteiger partial charge in [0.1, 0.15) is 0 Å². The van der Waals surface area contributed by atoms with E-state index in [1.165, 1.54) is 5.56 Å². The molecule has 5 heteroatoms. The third kappa shape index (κ3) is 3.03. The predicted octanol–water partition coefficient (Wildman–Crippen LogP) is 1.31. The van der Waals surface area contributed by atoms with Gasteiger partial charge < -0.3 is 11.1 Å². The van der Waals surface area contributed by atoms with Gasteiger partial charge in [-0.15, -0.1) is 0 Å². The molecule has 1 saturated heterocycles. The number of sulfone groups is 1. The number of rotatable bonds is 3. The molecule has 1 fully saturated rings. The minimum absolute atomic E-state index is 0.129. The second kappa shape index (κ2) is 4.90. The number of hydrogen-bond acceptors (Lipinski definition) is 4. The standard InChI is InChI=1S/C13H20N2O2S/c1-11-3-5-12(6-4-11)15-13(9-14)7-2-8-18(16,17)10-13/h3-6,15H,2,7-10,14H2,1H3. The van der Waals surface area contributed by atoms with Crippen LogP contribution in [-0.4, -0.2) is 32.0 Å². The third-order valence-corrected chi connectivity index (χ3v) is 5.36. The summed E-state index contributed by atoms with van der Waals surface area (Å²) in [6, 6.07) is 7.94. The fourth-order valence-electron chi connectivity index (χ4n) is 2.45. The quantitative estimate of drug-likeness (QED) is 0.867. The molecule has 1 atom stereocenters. The minimum atomic E-state index is -2.97. The van der Waals surface area contributed by atoms with Gasteiger partial charge in [-0.2, -0.15) is 0 Å². The smallest absolute Gasteiger partial charge is 0.152 e. The van der Waals surface area contributed by atoms with E-state index in [0.717, 1.165) is 12.1 Å². The summed E-state index contributed by atoms with van der Waals surface area (Å²) >= 11 is 0. The predicted molar refractivity (Wildman–Crippen MR) is 74.5 cm³/mol. The van der Waals surface area contributed by atoms with Crippen molar-refractivity contribution in [3.05, 3.63) is 29.8 Å². The molecule has 1 unspecified atom stereocenters. The Morgan fingerprint density at radius 1 is 1.33 bits per heavy atom. The second-order valence-electron chi connectivity index (χ2n) is 5.17. The molecule has 0 aliphatic carbocycles. The van der Waals surface area contributed by atoms with Crippen LogP contribution in [0.4, 0.5) is 5.69 Å². The van der Waals surface area contributed by atoms with Crippen LogP contribution in [0.5, 0.6) is 0 Å². The van der Waals surface area contributed by atoms with Crippen molar-refractivity contribution in [3.8, 4) is 0 Å². The van der Waals surface area contributed by atoms with E-state index in [1.807, 2.05) is 31.2 Å². The number of aryl methyl sites for hydroxylation is 1. The largest absolute Gasteiger partial charge is 0.377 e. The van der Waals surface area contributed by atoms with Crippen LogP contribution < -0.4 is 11.1 Å². The summed E-state index contributed by atoms with van der Waals surface area (Å²) in [5, 5.41) is 3.32. The van der Waals surface area contributed by atoms with E-state index in [9.17, 15) is 8.42 Å². The van der Waals surface area contributed by atoms with Crippen molar-refractivity contribution < 1.29 is 8.42 Å². The maximum atomic E-state index is 11.8. The van der Waals surface area contributed by atoms with E-state index in [0.29, 0.717) is 13.0 Å². The second-order valence-corrected chi connectivity index (χ2v) is 7.36. The lowest BCUT2D eigenvalue weighted by Crippen LogP contribution is -2.53. The Balaban J connectivity index is 2.20. The van der Waals surface area contributed by atoms with Crippen LogP contribution >= 0.6 is 0 Å². The lowest BCUT2D eigenvalue weighted by atomic mass is 9.95. The van der Waals surface area contributed by atoms with Crippen molar-refractivity contribution in [2.45, 2.75) is 25.3 Å². The fourth-order valence-corrected chi connectivity index (χ4v) is 4.35. The van der Waals surface area contributed by atoms with Crippen LogP contribution in [0.1, 0.15) is 18.4 Å². The molecule has 0 aromatic heterocycles. The summed E-state index contributed by atoms with van der Waals surface area (Å²) in [6.45, 7) is 2.35. The first-order valence-electron chi connectivity index (χ1n) is 6.20. The number of nitrogens with one attached hydrogen (secondary N) is 1.